The summed E-state index contributed by atoms with van der Waals surface area (Å²) in [5, 5.41) is 11.2. The summed E-state index contributed by atoms with van der Waals surface area (Å²) in [5.41, 5.74) is 2.39. The predicted molar refractivity (Wildman–Crippen MR) is 58.3 cm³/mol. The molecule has 0 atom stereocenters. The Morgan fingerprint density at radius 1 is 0.933 bits per heavy atom. The van der Waals surface area contributed by atoms with Crippen LogP contribution in [-0.4, -0.2) is 15.4 Å². The molecule has 1 aromatic carbocycles. The SMILES string of the molecule is c1ccc(CCCc2ccnnn2)cc1. The van der Waals surface area contributed by atoms with Crippen LogP contribution in [0.15, 0.2) is 42.6 Å². The van der Waals surface area contributed by atoms with Gasteiger partial charge in [0.25, 0.3) is 0 Å². The molecule has 0 N–H and O–H groups in total. The van der Waals surface area contributed by atoms with E-state index in [2.05, 4.69) is 39.7 Å². The molecule has 3 heteroatoms. The summed E-state index contributed by atoms with van der Waals surface area (Å²) in [4.78, 5) is 0. The van der Waals surface area contributed by atoms with Gasteiger partial charge in [0.1, 0.15) is 0 Å². The highest BCUT2D eigenvalue weighted by molar-refractivity contribution is 5.14. The van der Waals surface area contributed by atoms with E-state index in [1.54, 1.807) is 6.20 Å². The fourth-order valence-corrected chi connectivity index (χ4v) is 1.52. The first-order chi connectivity index (χ1) is 7.45. The Bertz CT molecular complexity index is 347. The van der Waals surface area contributed by atoms with Gasteiger partial charge in [-0.2, -0.15) is 0 Å². The number of rotatable bonds is 4. The minimum atomic E-state index is 0.963. The molecule has 1 aromatic heterocycles. The Morgan fingerprint density at radius 3 is 2.53 bits per heavy atom. The topological polar surface area (TPSA) is 38.7 Å². The Hall–Kier alpha value is -1.77. The van der Waals surface area contributed by atoms with Gasteiger partial charge in [-0.1, -0.05) is 30.3 Å². The summed E-state index contributed by atoms with van der Waals surface area (Å²) in [6.45, 7) is 0. The Morgan fingerprint density at radius 2 is 1.80 bits per heavy atom. The van der Waals surface area contributed by atoms with Crippen LogP contribution >= 0.6 is 0 Å². The van der Waals surface area contributed by atoms with Crippen LogP contribution in [0, 0.1) is 0 Å². The van der Waals surface area contributed by atoms with E-state index >= 15 is 0 Å². The maximum Gasteiger partial charge on any atom is 0.0664 e. The van der Waals surface area contributed by atoms with Gasteiger partial charge in [-0.05, 0) is 36.1 Å². The molecule has 0 aliphatic heterocycles. The zero-order valence-corrected chi connectivity index (χ0v) is 8.50. The fraction of sp³-hybridized carbons (Fsp3) is 0.250. The van der Waals surface area contributed by atoms with Crippen molar-refractivity contribution in [1.82, 2.24) is 15.4 Å². The number of aromatic nitrogens is 3. The standard InChI is InChI=1S/C12H13N3/c1-2-5-11(6-3-1)7-4-8-12-9-10-13-15-14-12/h1-3,5-6,9-10H,4,7-8H2. The Labute approximate surface area is 89.2 Å². The molecule has 0 amide bonds. The average molecular weight is 199 g/mol. The molecule has 0 aliphatic rings. The maximum atomic E-state index is 3.95. The minimum Gasteiger partial charge on any atom is -0.139 e. The molecule has 3 nitrogen and oxygen atoms in total. The molecule has 0 radical (unpaired) electrons. The third kappa shape index (κ3) is 3.13. The molecule has 0 aliphatic carbocycles. The van der Waals surface area contributed by atoms with Crippen LogP contribution in [0.5, 0.6) is 0 Å². The molecule has 2 rings (SSSR count). The van der Waals surface area contributed by atoms with Gasteiger partial charge in [0, 0.05) is 0 Å². The van der Waals surface area contributed by atoms with E-state index in [1.807, 2.05) is 12.1 Å². The highest BCUT2D eigenvalue weighted by Gasteiger charge is 1.95. The normalized spacial score (nSPS) is 10.1. The lowest BCUT2D eigenvalue weighted by molar-refractivity contribution is 0.747. The van der Waals surface area contributed by atoms with Gasteiger partial charge in [-0.25, -0.2) is 0 Å². The molecule has 0 unspecified atom stereocenters. The van der Waals surface area contributed by atoms with Crippen LogP contribution in [-0.2, 0) is 12.8 Å². The van der Waals surface area contributed by atoms with E-state index in [0.717, 1.165) is 25.0 Å². The van der Waals surface area contributed by atoms with Crippen LogP contribution in [0.3, 0.4) is 0 Å². The van der Waals surface area contributed by atoms with Gasteiger partial charge in [0.15, 0.2) is 0 Å². The van der Waals surface area contributed by atoms with E-state index in [4.69, 9.17) is 0 Å². The molecular formula is C12H13N3. The van der Waals surface area contributed by atoms with Gasteiger partial charge in [0.2, 0.25) is 0 Å². The number of benzene rings is 1. The quantitative estimate of drug-likeness (QED) is 0.756. The third-order valence-electron chi connectivity index (χ3n) is 2.30. The van der Waals surface area contributed by atoms with E-state index in [-0.39, 0.29) is 0 Å². The average Bonchev–Trinajstić information content (AvgIpc) is 2.32. The van der Waals surface area contributed by atoms with Gasteiger partial charge >= 0.3 is 0 Å². The van der Waals surface area contributed by atoms with Crippen molar-refractivity contribution < 1.29 is 0 Å². The summed E-state index contributed by atoms with van der Waals surface area (Å²) in [6, 6.07) is 12.4. The van der Waals surface area contributed by atoms with Crippen molar-refractivity contribution in [2.75, 3.05) is 0 Å². The van der Waals surface area contributed by atoms with Crippen LogP contribution in [0.4, 0.5) is 0 Å². The maximum absolute atomic E-state index is 3.95. The highest BCUT2D eigenvalue weighted by atomic mass is 15.3. The number of aryl methyl sites for hydroxylation is 2. The van der Waals surface area contributed by atoms with E-state index in [0.29, 0.717) is 0 Å². The third-order valence-corrected chi connectivity index (χ3v) is 2.30. The van der Waals surface area contributed by atoms with E-state index in [1.165, 1.54) is 5.56 Å². The molecule has 0 fully saturated rings. The second kappa shape index (κ2) is 5.20. The lowest BCUT2D eigenvalue weighted by Gasteiger charge is -2.00. The van der Waals surface area contributed by atoms with Gasteiger partial charge in [-0.3, -0.25) is 0 Å². The fourth-order valence-electron chi connectivity index (χ4n) is 1.52. The second-order valence-electron chi connectivity index (χ2n) is 3.45. The first-order valence-electron chi connectivity index (χ1n) is 5.12. The molecule has 0 bridgehead atoms. The molecule has 76 valence electrons. The van der Waals surface area contributed by atoms with E-state index in [9.17, 15) is 0 Å². The van der Waals surface area contributed by atoms with Crippen molar-refractivity contribution >= 4 is 0 Å². The summed E-state index contributed by atoms with van der Waals surface area (Å²) < 4.78 is 0. The zero-order valence-electron chi connectivity index (χ0n) is 8.50. The van der Waals surface area contributed by atoms with Gasteiger partial charge < -0.3 is 0 Å². The summed E-state index contributed by atoms with van der Waals surface area (Å²) in [6.07, 6.45) is 4.84. The zero-order chi connectivity index (χ0) is 10.3. The lowest BCUT2D eigenvalue weighted by atomic mass is 10.1. The number of hydrogen-bond acceptors (Lipinski definition) is 3. The van der Waals surface area contributed by atoms with Crippen LogP contribution < -0.4 is 0 Å². The Kier molecular flexibility index (Phi) is 3.38. The smallest absolute Gasteiger partial charge is 0.0664 e. The minimum absolute atomic E-state index is 0.963. The number of hydrogen-bond donors (Lipinski definition) is 0. The van der Waals surface area contributed by atoms with E-state index < -0.39 is 0 Å². The van der Waals surface area contributed by atoms with Crippen LogP contribution in [0.25, 0.3) is 0 Å². The van der Waals surface area contributed by atoms with Crippen molar-refractivity contribution in [1.29, 1.82) is 0 Å². The van der Waals surface area contributed by atoms with Crippen molar-refractivity contribution in [2.45, 2.75) is 19.3 Å². The summed E-state index contributed by atoms with van der Waals surface area (Å²) >= 11 is 0. The lowest BCUT2D eigenvalue weighted by Crippen LogP contribution is -1.95. The largest absolute Gasteiger partial charge is 0.139 e. The molecule has 2 aromatic rings. The first-order valence-corrected chi connectivity index (χ1v) is 5.12. The Balaban J connectivity index is 1.81. The van der Waals surface area contributed by atoms with Gasteiger partial charge in [-0.15, -0.1) is 10.2 Å². The highest BCUT2D eigenvalue weighted by Crippen LogP contribution is 2.05. The van der Waals surface area contributed by atoms with Crippen molar-refractivity contribution in [2.24, 2.45) is 0 Å². The molecule has 1 heterocycles. The molecular weight excluding hydrogens is 186 g/mol. The van der Waals surface area contributed by atoms with Gasteiger partial charge in [0.05, 0.1) is 11.9 Å². The molecule has 0 saturated heterocycles. The molecule has 15 heavy (non-hydrogen) atoms. The molecule has 0 spiro atoms. The number of nitrogens with zero attached hydrogens (tertiary/aromatic N) is 3. The van der Waals surface area contributed by atoms with Crippen molar-refractivity contribution in [3.05, 3.63) is 53.9 Å². The monoisotopic (exact) mass is 199 g/mol. The van der Waals surface area contributed by atoms with Crippen molar-refractivity contribution in [3.8, 4) is 0 Å². The predicted octanol–water partition coefficient (Wildman–Crippen LogP) is 2.05. The van der Waals surface area contributed by atoms with Crippen LogP contribution in [0.2, 0.25) is 0 Å². The van der Waals surface area contributed by atoms with Crippen molar-refractivity contribution in [3.63, 3.8) is 0 Å². The summed E-state index contributed by atoms with van der Waals surface area (Å²) in [5.74, 6) is 0. The summed E-state index contributed by atoms with van der Waals surface area (Å²) in [7, 11) is 0. The second-order valence-corrected chi connectivity index (χ2v) is 3.45. The van der Waals surface area contributed by atoms with Crippen LogP contribution in [0.1, 0.15) is 17.7 Å². The molecule has 0 saturated carbocycles. The first kappa shape index (κ1) is 9.77.